The van der Waals surface area contributed by atoms with Crippen molar-refractivity contribution in [2.24, 2.45) is 16.8 Å². The van der Waals surface area contributed by atoms with Crippen LogP contribution in [0.15, 0.2) is 23.3 Å². The third-order valence-electron chi connectivity index (χ3n) is 4.79. The number of nitro benzene ring substituents is 1. The van der Waals surface area contributed by atoms with Crippen molar-refractivity contribution >= 4 is 29.5 Å². The van der Waals surface area contributed by atoms with Crippen LogP contribution < -0.4 is 16.1 Å². The molecule has 1 heterocycles. The van der Waals surface area contributed by atoms with Crippen molar-refractivity contribution < 1.29 is 14.5 Å². The Bertz CT molecular complexity index is 762. The number of non-ortho nitro benzene ring substituents is 1. The summed E-state index contributed by atoms with van der Waals surface area (Å²) in [4.78, 5) is 38.0. The second kappa shape index (κ2) is 9.67. The predicted molar refractivity (Wildman–Crippen MR) is 106 cm³/mol. The number of carbonyl (C=O) groups excluding carboxylic acids is 2. The highest BCUT2D eigenvalue weighted by atomic mass is 16.6. The summed E-state index contributed by atoms with van der Waals surface area (Å²) in [5.41, 5.74) is 8.19. The summed E-state index contributed by atoms with van der Waals surface area (Å²) in [6, 6.07) is 3.63. The molecule has 10 heteroatoms. The molecule has 1 unspecified atom stereocenters. The van der Waals surface area contributed by atoms with Crippen molar-refractivity contribution in [3.05, 3.63) is 33.9 Å². The minimum atomic E-state index is -0.828. The Labute approximate surface area is 163 Å². The summed E-state index contributed by atoms with van der Waals surface area (Å²) in [5.74, 6) is -0.000371. The summed E-state index contributed by atoms with van der Waals surface area (Å²) in [6.45, 7) is 6.50. The van der Waals surface area contributed by atoms with Gasteiger partial charge >= 0.3 is 6.03 Å². The number of primary amides is 1. The molecule has 10 nitrogen and oxygen atoms in total. The Hall–Kier alpha value is -3.17. The van der Waals surface area contributed by atoms with E-state index in [-0.39, 0.29) is 17.5 Å². The van der Waals surface area contributed by atoms with E-state index >= 15 is 0 Å². The van der Waals surface area contributed by atoms with Gasteiger partial charge in [-0.05, 0) is 32.8 Å². The fourth-order valence-electron chi connectivity index (χ4n) is 3.40. The monoisotopic (exact) mass is 390 g/mol. The smallest absolute Gasteiger partial charge is 0.332 e. The maximum atomic E-state index is 12.7. The van der Waals surface area contributed by atoms with Gasteiger partial charge in [0.2, 0.25) is 5.91 Å². The Morgan fingerprint density at radius 1 is 1.43 bits per heavy atom. The van der Waals surface area contributed by atoms with E-state index in [1.807, 2.05) is 23.6 Å². The lowest BCUT2D eigenvalue weighted by molar-refractivity contribution is -0.384. The molecule has 1 aliphatic heterocycles. The summed E-state index contributed by atoms with van der Waals surface area (Å²) in [5, 5.41) is 14.8. The second-order valence-electron chi connectivity index (χ2n) is 6.53. The van der Waals surface area contributed by atoms with Gasteiger partial charge in [0.05, 0.1) is 17.1 Å². The Balaban J connectivity index is 2.29. The number of hydrogen-bond donors (Lipinski definition) is 2. The van der Waals surface area contributed by atoms with E-state index in [0.29, 0.717) is 25.2 Å². The number of benzene rings is 1. The maximum absolute atomic E-state index is 12.7. The van der Waals surface area contributed by atoms with E-state index in [1.54, 1.807) is 6.07 Å². The number of rotatable bonds is 7. The first-order chi connectivity index (χ1) is 13.4. The maximum Gasteiger partial charge on any atom is 0.332 e. The van der Waals surface area contributed by atoms with Crippen LogP contribution in [-0.2, 0) is 4.79 Å². The SMILES string of the molecule is CCN(CC)C(=O)C1CCCN(c2ccc([N+](=O)[O-])cc2C=NNC(N)=O)C1. The van der Waals surface area contributed by atoms with E-state index in [2.05, 4.69) is 10.5 Å². The van der Waals surface area contributed by atoms with E-state index in [9.17, 15) is 19.7 Å². The number of nitrogens with zero attached hydrogens (tertiary/aromatic N) is 4. The lowest BCUT2D eigenvalue weighted by Gasteiger charge is -2.36. The fraction of sp³-hybridized carbons (Fsp3) is 0.500. The first kappa shape index (κ1) is 21.1. The van der Waals surface area contributed by atoms with Crippen molar-refractivity contribution in [1.29, 1.82) is 0 Å². The van der Waals surface area contributed by atoms with Crippen LogP contribution in [0.2, 0.25) is 0 Å². The van der Waals surface area contributed by atoms with Gasteiger partial charge in [-0.15, -0.1) is 0 Å². The molecule has 2 rings (SSSR count). The molecule has 1 atom stereocenters. The van der Waals surface area contributed by atoms with Gasteiger partial charge in [-0.1, -0.05) is 0 Å². The average Bonchev–Trinajstić information content (AvgIpc) is 2.68. The molecular weight excluding hydrogens is 364 g/mol. The highest BCUT2D eigenvalue weighted by Gasteiger charge is 2.29. The third kappa shape index (κ3) is 5.18. The van der Waals surface area contributed by atoms with Crippen LogP contribution in [0.4, 0.5) is 16.2 Å². The topological polar surface area (TPSA) is 134 Å². The zero-order valence-electron chi connectivity index (χ0n) is 16.1. The number of urea groups is 1. The largest absolute Gasteiger partial charge is 0.370 e. The van der Waals surface area contributed by atoms with Crippen molar-refractivity contribution in [3.8, 4) is 0 Å². The number of nitrogens with one attached hydrogen (secondary N) is 1. The van der Waals surface area contributed by atoms with Gasteiger partial charge in [-0.3, -0.25) is 14.9 Å². The molecule has 28 heavy (non-hydrogen) atoms. The summed E-state index contributed by atoms with van der Waals surface area (Å²) < 4.78 is 0. The number of nitrogens with two attached hydrogens (primary N) is 1. The molecule has 1 aromatic rings. The normalized spacial score (nSPS) is 16.8. The van der Waals surface area contributed by atoms with Crippen LogP contribution in [-0.4, -0.2) is 54.2 Å². The number of hydrogen-bond acceptors (Lipinski definition) is 6. The van der Waals surface area contributed by atoms with Gasteiger partial charge in [0.25, 0.3) is 5.69 Å². The first-order valence-electron chi connectivity index (χ1n) is 9.28. The van der Waals surface area contributed by atoms with E-state index in [4.69, 9.17) is 5.73 Å². The van der Waals surface area contributed by atoms with Gasteiger partial charge < -0.3 is 15.5 Å². The Morgan fingerprint density at radius 2 is 2.14 bits per heavy atom. The molecule has 3 amide bonds. The third-order valence-corrected chi connectivity index (χ3v) is 4.79. The molecule has 0 aromatic heterocycles. The van der Waals surface area contributed by atoms with Gasteiger partial charge in [0.1, 0.15) is 0 Å². The Kier molecular flexibility index (Phi) is 7.30. The Morgan fingerprint density at radius 3 is 2.75 bits per heavy atom. The molecule has 1 aliphatic rings. The molecular formula is C18H26N6O4. The van der Waals surface area contributed by atoms with E-state index < -0.39 is 11.0 Å². The molecule has 152 valence electrons. The highest BCUT2D eigenvalue weighted by Crippen LogP contribution is 2.29. The van der Waals surface area contributed by atoms with Crippen LogP contribution in [0.3, 0.4) is 0 Å². The number of hydrazone groups is 1. The van der Waals surface area contributed by atoms with Crippen molar-refractivity contribution in [3.63, 3.8) is 0 Å². The quantitative estimate of drug-likeness (QED) is 0.415. The minimum Gasteiger partial charge on any atom is -0.370 e. The molecule has 0 saturated carbocycles. The number of piperidine rings is 1. The number of anilines is 1. The molecule has 0 aliphatic carbocycles. The average molecular weight is 390 g/mol. The van der Waals surface area contributed by atoms with Gasteiger partial charge in [0.15, 0.2) is 0 Å². The fourth-order valence-corrected chi connectivity index (χ4v) is 3.40. The second-order valence-corrected chi connectivity index (χ2v) is 6.53. The van der Waals surface area contributed by atoms with E-state index in [1.165, 1.54) is 18.3 Å². The molecule has 1 fully saturated rings. The summed E-state index contributed by atoms with van der Waals surface area (Å²) in [7, 11) is 0. The molecule has 1 saturated heterocycles. The van der Waals surface area contributed by atoms with Crippen molar-refractivity contribution in [1.82, 2.24) is 10.3 Å². The van der Waals surface area contributed by atoms with Crippen LogP contribution >= 0.6 is 0 Å². The molecule has 0 spiro atoms. The number of nitro groups is 1. The lowest BCUT2D eigenvalue weighted by atomic mass is 9.95. The predicted octanol–water partition coefficient (Wildman–Crippen LogP) is 1.68. The van der Waals surface area contributed by atoms with E-state index in [0.717, 1.165) is 25.1 Å². The zero-order chi connectivity index (χ0) is 20.7. The standard InChI is InChI=1S/C18H26N6O4/c1-3-22(4-2)17(25)13-6-5-9-23(12-13)16-8-7-15(24(27)28)10-14(16)11-20-21-18(19)26/h7-8,10-11,13H,3-6,9,12H2,1-2H3,(H3,19,21,26). The molecule has 0 bridgehead atoms. The highest BCUT2D eigenvalue weighted by molar-refractivity contribution is 5.90. The van der Waals surface area contributed by atoms with Crippen LogP contribution in [0.5, 0.6) is 0 Å². The van der Waals surface area contributed by atoms with Crippen LogP contribution in [0.1, 0.15) is 32.3 Å². The lowest BCUT2D eigenvalue weighted by Crippen LogP contribution is -2.45. The molecule has 3 N–H and O–H groups in total. The van der Waals surface area contributed by atoms with Gasteiger partial charge in [-0.25, -0.2) is 10.2 Å². The summed E-state index contributed by atoms with van der Waals surface area (Å²) in [6.07, 6.45) is 2.97. The number of amides is 3. The van der Waals surface area contributed by atoms with Crippen LogP contribution in [0.25, 0.3) is 0 Å². The number of carbonyl (C=O) groups is 2. The van der Waals surface area contributed by atoms with Gasteiger partial charge in [0, 0.05) is 49.6 Å². The minimum absolute atomic E-state index is 0.0861. The zero-order valence-corrected chi connectivity index (χ0v) is 16.1. The molecule has 0 radical (unpaired) electrons. The van der Waals surface area contributed by atoms with Crippen molar-refractivity contribution in [2.45, 2.75) is 26.7 Å². The first-order valence-corrected chi connectivity index (χ1v) is 9.28. The van der Waals surface area contributed by atoms with Crippen LogP contribution in [0, 0.1) is 16.0 Å². The summed E-state index contributed by atoms with van der Waals surface area (Å²) >= 11 is 0. The van der Waals surface area contributed by atoms with Gasteiger partial charge in [-0.2, -0.15) is 5.10 Å². The molecule has 1 aromatic carbocycles. The van der Waals surface area contributed by atoms with Crippen molar-refractivity contribution in [2.75, 3.05) is 31.1 Å².